The molecule has 0 heterocycles. The maximum Gasteiger partial charge on any atom is 1.00 e. The van der Waals surface area contributed by atoms with E-state index in [0.29, 0.717) is 16.9 Å². The van der Waals surface area contributed by atoms with E-state index in [4.69, 9.17) is 44.2 Å². The van der Waals surface area contributed by atoms with Gasteiger partial charge in [0, 0.05) is 0 Å². The molecule has 0 aliphatic carbocycles. The van der Waals surface area contributed by atoms with Crippen molar-refractivity contribution in [3.05, 3.63) is 80.7 Å². The van der Waals surface area contributed by atoms with Gasteiger partial charge in [-0.1, -0.05) is 23.8 Å². The molecule has 226 valence electrons. The minimum absolute atomic E-state index is 0. The fourth-order valence-corrected chi connectivity index (χ4v) is 3.01. The second-order valence-electron chi connectivity index (χ2n) is 8.72. The minimum atomic E-state index is -1.18. The van der Waals surface area contributed by atoms with Crippen LogP contribution in [0.25, 0.3) is 9.69 Å². The third kappa shape index (κ3) is 18.4. The van der Waals surface area contributed by atoms with Crippen LogP contribution in [-0.2, 0) is 25.7 Å². The Labute approximate surface area is 337 Å². The van der Waals surface area contributed by atoms with Gasteiger partial charge in [0.2, 0.25) is 0 Å². The average Bonchev–Trinajstić information content (AvgIpc) is 2.92. The third-order valence-electron chi connectivity index (χ3n) is 5.99. The van der Waals surface area contributed by atoms with Gasteiger partial charge in [0.15, 0.2) is 11.4 Å². The maximum atomic E-state index is 12.8. The number of carboxylic acids is 2. The first kappa shape index (κ1) is 48.8. The van der Waals surface area contributed by atoms with Crippen molar-refractivity contribution in [3.63, 3.8) is 0 Å². The molecule has 2 aromatic carbocycles. The zero-order valence-electron chi connectivity index (χ0n) is 26.6. The molecule has 0 amide bonds. The summed E-state index contributed by atoms with van der Waals surface area (Å²) in [6.07, 6.45) is -1.60. The van der Waals surface area contributed by atoms with Gasteiger partial charge in [-0.05, 0) is 76.3 Å². The van der Waals surface area contributed by atoms with Crippen molar-refractivity contribution in [2.45, 2.75) is 66.2 Å². The van der Waals surface area contributed by atoms with Crippen molar-refractivity contribution in [1.82, 2.24) is 0 Å². The maximum absolute atomic E-state index is 12.8. The number of halogens is 1. The molecule has 0 saturated carbocycles. The summed E-state index contributed by atoms with van der Waals surface area (Å²) < 4.78 is 12.8. The first-order valence-corrected chi connectivity index (χ1v) is 11.9. The summed E-state index contributed by atoms with van der Waals surface area (Å²) in [6.45, 7) is 23.6. The number of benzene rings is 2. The van der Waals surface area contributed by atoms with Gasteiger partial charge in [-0.3, -0.25) is 14.4 Å². The van der Waals surface area contributed by atoms with E-state index in [0.717, 1.165) is 22.3 Å². The van der Waals surface area contributed by atoms with Crippen LogP contribution >= 0.6 is 0 Å². The first-order chi connectivity index (χ1) is 19.0. The normalized spacial score (nSPS) is 11.8. The smallest absolute Gasteiger partial charge is 1.00 e. The molecule has 0 fully saturated rings. The number of nitrogens with two attached hydrogens (primary N) is 1. The Balaban J connectivity index is -0.000000168. The Hall–Kier alpha value is -1.13. The molecule has 0 aromatic heterocycles. The Morgan fingerprint density at radius 3 is 1.65 bits per heavy atom. The van der Waals surface area contributed by atoms with E-state index in [1.807, 2.05) is 13.8 Å². The van der Waals surface area contributed by atoms with Crippen LogP contribution < -0.4 is 114 Å². The van der Waals surface area contributed by atoms with Crippen LogP contribution in [0.5, 0.6) is 0 Å². The van der Waals surface area contributed by atoms with Gasteiger partial charge in [0.1, 0.15) is 11.9 Å². The molecule has 0 bridgehead atoms. The van der Waals surface area contributed by atoms with Gasteiger partial charge in [-0.2, -0.15) is 0 Å². The Bertz CT molecular complexity index is 1270. The number of nitrogens with zero attached hydrogens (tertiary/aromatic N) is 2. The summed E-state index contributed by atoms with van der Waals surface area (Å²) in [5.41, 5.74) is 10.00. The van der Waals surface area contributed by atoms with E-state index in [9.17, 15) is 19.1 Å². The van der Waals surface area contributed by atoms with E-state index < -0.39 is 36.1 Å². The standard InChI is InChI=1S/C14H17NO3.C9H8FN.C4H9NO3.CH2O3.2K.H/c1-8-9(2)13(15-4)6-5-11(8)7-12(10(3)16)14(17)18;1-6-7(2)9(11-3)5-4-8(6)10;1-2(6)3(5)4(7)8;2-1-4-3;;;/h5-6,10,12,16H,7H2,1-3H3,(H,17,18);4-5H,1-2H3;2-3,6H,5H2,1H3,(H,7,8);1,3H;;;/q;;;;2*+1;-1/p-1/t10-,12-;;2-,3-;;;;/m1.1..../s1. The van der Waals surface area contributed by atoms with E-state index in [1.54, 1.807) is 26.0 Å². The predicted molar refractivity (Wildman–Crippen MR) is 146 cm³/mol. The molecular weight excluding hydrogens is 620 g/mol. The molecule has 0 unspecified atom stereocenters. The minimum Gasteiger partial charge on any atom is -1.00 e. The van der Waals surface area contributed by atoms with Crippen LogP contribution in [0.2, 0.25) is 0 Å². The molecule has 2 rings (SSSR count). The molecule has 43 heavy (non-hydrogen) atoms. The third-order valence-corrected chi connectivity index (χ3v) is 5.99. The number of aliphatic hydroxyl groups is 2. The van der Waals surface area contributed by atoms with Gasteiger partial charge in [-0.25, -0.2) is 14.1 Å². The van der Waals surface area contributed by atoms with E-state index >= 15 is 0 Å². The molecular formula is C28H36FK2N3O9. The monoisotopic (exact) mass is 655 g/mol. The molecule has 0 aliphatic rings. The summed E-state index contributed by atoms with van der Waals surface area (Å²) in [5.74, 6) is -3.24. The summed E-state index contributed by atoms with van der Waals surface area (Å²) in [6, 6.07) is 5.15. The number of hydrogen-bond donors (Lipinski definition) is 5. The largest absolute Gasteiger partial charge is 1.00 e. The van der Waals surface area contributed by atoms with E-state index in [1.165, 1.54) is 26.0 Å². The van der Waals surface area contributed by atoms with Gasteiger partial charge in [-0.15, -0.1) is 0 Å². The summed E-state index contributed by atoms with van der Waals surface area (Å²) >= 11 is 0. The zero-order valence-corrected chi connectivity index (χ0v) is 31.8. The Morgan fingerprint density at radius 1 is 0.930 bits per heavy atom. The second kappa shape index (κ2) is 26.1. The molecule has 0 radical (unpaired) electrons. The van der Waals surface area contributed by atoms with Gasteiger partial charge in [0.25, 0.3) is 6.47 Å². The van der Waals surface area contributed by atoms with Crippen molar-refractivity contribution in [1.29, 1.82) is 0 Å². The Morgan fingerprint density at radius 2 is 1.35 bits per heavy atom. The fraction of sp³-hybridized carbons (Fsp3) is 0.393. The second-order valence-corrected chi connectivity index (χ2v) is 8.72. The van der Waals surface area contributed by atoms with Crippen molar-refractivity contribution >= 4 is 29.8 Å². The molecule has 4 atom stereocenters. The van der Waals surface area contributed by atoms with Crippen molar-refractivity contribution in [2.75, 3.05) is 0 Å². The summed E-state index contributed by atoms with van der Waals surface area (Å²) in [4.78, 5) is 38.8. The van der Waals surface area contributed by atoms with E-state index in [2.05, 4.69) is 14.6 Å². The predicted octanol–water partition coefficient (Wildman–Crippen LogP) is -3.19. The average molecular weight is 656 g/mol. The number of carbonyl (C=O) groups excluding carboxylic acids is 1. The van der Waals surface area contributed by atoms with Crippen molar-refractivity contribution < 1.29 is 154 Å². The number of carbonyl (C=O) groups is 3. The number of rotatable bonds is 7. The quantitative estimate of drug-likeness (QED) is 0.0666. The van der Waals surface area contributed by atoms with Crippen molar-refractivity contribution in [2.24, 2.45) is 11.7 Å². The van der Waals surface area contributed by atoms with Gasteiger partial charge >= 0.3 is 115 Å². The SMILES string of the molecule is C[C@@H](O)[C@@H](N)C(=O)O.O=CO[O-].[C-]#[N+]c1ccc(C[C@@H](C(=O)O)[C@@H](C)O)c(C)c1C.[C-]#[N+]c1ccc(F)c(C)c1C.[H-].[K+].[K+]. The molecule has 0 saturated heterocycles. The molecule has 0 aliphatic heterocycles. The number of hydrogen-bond acceptors (Lipinski definition) is 8. The molecule has 15 heteroatoms. The molecule has 6 N–H and O–H groups in total. The van der Waals surface area contributed by atoms with Crippen molar-refractivity contribution in [3.8, 4) is 0 Å². The van der Waals surface area contributed by atoms with Crippen LogP contribution in [0, 0.1) is 52.6 Å². The number of aliphatic carboxylic acids is 2. The number of aliphatic hydroxyl groups excluding tert-OH is 2. The topological polar surface area (TPSA) is 199 Å². The van der Waals surface area contributed by atoms with Crippen LogP contribution in [0.3, 0.4) is 0 Å². The van der Waals surface area contributed by atoms with Gasteiger partial charge < -0.3 is 37.7 Å². The zero-order chi connectivity index (χ0) is 32.4. The summed E-state index contributed by atoms with van der Waals surface area (Å²) in [7, 11) is 0. The molecule has 0 spiro atoms. The van der Waals surface area contributed by atoms with E-state index in [-0.39, 0.29) is 123 Å². The van der Waals surface area contributed by atoms with Crippen LogP contribution in [0.1, 0.15) is 43.1 Å². The first-order valence-electron chi connectivity index (χ1n) is 11.9. The molecule has 2 aromatic rings. The summed E-state index contributed by atoms with van der Waals surface area (Å²) in [5, 5.41) is 43.5. The number of carboxylic acid groups (broad SMARTS) is 2. The van der Waals surface area contributed by atoms with Gasteiger partial charge in [0.05, 0.1) is 31.3 Å². The van der Waals surface area contributed by atoms with Crippen LogP contribution in [0.15, 0.2) is 24.3 Å². The fourth-order valence-electron chi connectivity index (χ4n) is 3.01. The molecule has 12 nitrogen and oxygen atoms in total. The Kier molecular flexibility index (Phi) is 29.6. The van der Waals surface area contributed by atoms with Crippen LogP contribution in [0.4, 0.5) is 15.8 Å². The van der Waals surface area contributed by atoms with Crippen LogP contribution in [-0.4, -0.2) is 57.1 Å².